The Bertz CT molecular complexity index is 268. The zero-order chi connectivity index (χ0) is 9.14. The molecule has 1 aromatic rings. The lowest BCUT2D eigenvalue weighted by atomic mass is 10.3. The Morgan fingerprint density at radius 2 is 2.25 bits per heavy atom. The van der Waals surface area contributed by atoms with Gasteiger partial charge < -0.3 is 10.3 Å². The molecule has 0 spiro atoms. The van der Waals surface area contributed by atoms with Crippen LogP contribution in [0.15, 0.2) is 0 Å². The summed E-state index contributed by atoms with van der Waals surface area (Å²) in [6.45, 7) is 2.57. The quantitative estimate of drug-likeness (QED) is 0.779. The van der Waals surface area contributed by atoms with Crippen LogP contribution in [0.4, 0.5) is 0 Å². The SMILES string of the molecule is CCCc1nc(Cl)c(CN)n1C. The van der Waals surface area contributed by atoms with Gasteiger partial charge in [-0.15, -0.1) is 0 Å². The predicted molar refractivity (Wildman–Crippen MR) is 50.1 cm³/mol. The highest BCUT2D eigenvalue weighted by Gasteiger charge is 2.09. The van der Waals surface area contributed by atoms with Crippen LogP contribution in [-0.4, -0.2) is 9.55 Å². The van der Waals surface area contributed by atoms with E-state index >= 15 is 0 Å². The standard InChI is InChI=1S/C8H14ClN3/c1-3-4-7-11-8(9)6(5-10)12(7)2/h3-5,10H2,1-2H3. The molecule has 3 nitrogen and oxygen atoms in total. The maximum atomic E-state index is 5.87. The third-order valence-corrected chi connectivity index (χ3v) is 2.23. The Morgan fingerprint density at radius 3 is 2.67 bits per heavy atom. The Labute approximate surface area is 77.5 Å². The fraction of sp³-hybridized carbons (Fsp3) is 0.625. The summed E-state index contributed by atoms with van der Waals surface area (Å²) in [5, 5.41) is 0.545. The average Bonchev–Trinajstić information content (AvgIpc) is 2.29. The van der Waals surface area contributed by atoms with E-state index in [9.17, 15) is 0 Å². The van der Waals surface area contributed by atoms with Gasteiger partial charge in [0.1, 0.15) is 5.82 Å². The van der Waals surface area contributed by atoms with Gasteiger partial charge >= 0.3 is 0 Å². The Kier molecular flexibility index (Phi) is 3.12. The molecule has 0 aliphatic heterocycles. The van der Waals surface area contributed by atoms with Crippen molar-refractivity contribution in [1.82, 2.24) is 9.55 Å². The van der Waals surface area contributed by atoms with E-state index in [2.05, 4.69) is 11.9 Å². The van der Waals surface area contributed by atoms with E-state index in [0.29, 0.717) is 11.7 Å². The van der Waals surface area contributed by atoms with Crippen molar-refractivity contribution < 1.29 is 0 Å². The molecule has 4 heteroatoms. The number of aryl methyl sites for hydroxylation is 1. The molecule has 68 valence electrons. The summed E-state index contributed by atoms with van der Waals surface area (Å²) in [7, 11) is 1.95. The largest absolute Gasteiger partial charge is 0.333 e. The molecular formula is C8H14ClN3. The topological polar surface area (TPSA) is 43.8 Å². The van der Waals surface area contributed by atoms with Crippen LogP contribution >= 0.6 is 11.6 Å². The van der Waals surface area contributed by atoms with Crippen LogP contribution in [0.5, 0.6) is 0 Å². The third kappa shape index (κ3) is 1.62. The number of hydrogen-bond acceptors (Lipinski definition) is 2. The van der Waals surface area contributed by atoms with Gasteiger partial charge in [-0.3, -0.25) is 0 Å². The van der Waals surface area contributed by atoms with Gasteiger partial charge in [0, 0.05) is 20.0 Å². The van der Waals surface area contributed by atoms with Crippen molar-refractivity contribution in [3.63, 3.8) is 0 Å². The number of imidazole rings is 1. The molecular weight excluding hydrogens is 174 g/mol. The molecule has 0 aliphatic rings. The first kappa shape index (κ1) is 9.55. The minimum atomic E-state index is 0.450. The van der Waals surface area contributed by atoms with Crippen LogP contribution in [0.25, 0.3) is 0 Å². The van der Waals surface area contributed by atoms with Gasteiger partial charge in [-0.05, 0) is 6.42 Å². The molecule has 0 aromatic carbocycles. The number of aromatic nitrogens is 2. The van der Waals surface area contributed by atoms with E-state index in [1.165, 1.54) is 0 Å². The average molecular weight is 188 g/mol. The van der Waals surface area contributed by atoms with Crippen LogP contribution in [0.1, 0.15) is 24.9 Å². The summed E-state index contributed by atoms with van der Waals surface area (Å²) < 4.78 is 1.98. The highest BCUT2D eigenvalue weighted by atomic mass is 35.5. The molecule has 0 bridgehead atoms. The number of nitrogens with zero attached hydrogens (tertiary/aromatic N) is 2. The second-order valence-corrected chi connectivity index (χ2v) is 3.14. The molecule has 1 heterocycles. The number of nitrogens with two attached hydrogens (primary N) is 1. The minimum Gasteiger partial charge on any atom is -0.333 e. The van der Waals surface area contributed by atoms with Gasteiger partial charge in [0.25, 0.3) is 0 Å². The molecule has 0 radical (unpaired) electrons. The first-order valence-corrected chi connectivity index (χ1v) is 4.48. The number of halogens is 1. The van der Waals surface area contributed by atoms with Crippen LogP contribution in [0.3, 0.4) is 0 Å². The molecule has 0 amide bonds. The van der Waals surface area contributed by atoms with Gasteiger partial charge in [-0.2, -0.15) is 0 Å². The molecule has 12 heavy (non-hydrogen) atoms. The van der Waals surface area contributed by atoms with E-state index < -0.39 is 0 Å². The lowest BCUT2D eigenvalue weighted by Gasteiger charge is -2.01. The van der Waals surface area contributed by atoms with Crippen LogP contribution < -0.4 is 5.73 Å². The van der Waals surface area contributed by atoms with Crippen molar-refractivity contribution in [3.8, 4) is 0 Å². The van der Waals surface area contributed by atoms with Crippen molar-refractivity contribution >= 4 is 11.6 Å². The van der Waals surface area contributed by atoms with Gasteiger partial charge in [-0.1, -0.05) is 18.5 Å². The molecule has 0 fully saturated rings. The Morgan fingerprint density at radius 1 is 1.58 bits per heavy atom. The third-order valence-electron chi connectivity index (χ3n) is 1.92. The Hall–Kier alpha value is -0.540. The molecule has 0 aliphatic carbocycles. The summed E-state index contributed by atoms with van der Waals surface area (Å²) in [5.74, 6) is 1.02. The molecule has 0 saturated carbocycles. The molecule has 0 unspecified atom stereocenters. The molecule has 0 atom stereocenters. The van der Waals surface area contributed by atoms with Crippen molar-refractivity contribution in [2.45, 2.75) is 26.3 Å². The van der Waals surface area contributed by atoms with Gasteiger partial charge in [0.05, 0.1) is 5.69 Å². The molecule has 2 N–H and O–H groups in total. The second-order valence-electron chi connectivity index (χ2n) is 2.78. The van der Waals surface area contributed by atoms with E-state index in [1.54, 1.807) is 0 Å². The van der Waals surface area contributed by atoms with Crippen LogP contribution in [0, 0.1) is 0 Å². The summed E-state index contributed by atoms with van der Waals surface area (Å²) in [6, 6.07) is 0. The monoisotopic (exact) mass is 187 g/mol. The highest BCUT2D eigenvalue weighted by Crippen LogP contribution is 2.16. The number of rotatable bonds is 3. The first-order valence-electron chi connectivity index (χ1n) is 4.10. The summed E-state index contributed by atoms with van der Waals surface area (Å²) in [6.07, 6.45) is 2.03. The van der Waals surface area contributed by atoms with Crippen molar-refractivity contribution in [2.24, 2.45) is 12.8 Å². The lowest BCUT2D eigenvalue weighted by molar-refractivity contribution is 0.727. The fourth-order valence-electron chi connectivity index (χ4n) is 1.22. The van der Waals surface area contributed by atoms with E-state index in [-0.39, 0.29) is 0 Å². The van der Waals surface area contributed by atoms with Crippen LogP contribution in [-0.2, 0) is 20.0 Å². The zero-order valence-corrected chi connectivity index (χ0v) is 8.23. The fourth-order valence-corrected chi connectivity index (χ4v) is 1.52. The van der Waals surface area contributed by atoms with Gasteiger partial charge in [0.15, 0.2) is 5.15 Å². The minimum absolute atomic E-state index is 0.450. The summed E-state index contributed by atoms with van der Waals surface area (Å²) >= 11 is 5.87. The maximum Gasteiger partial charge on any atom is 0.151 e. The van der Waals surface area contributed by atoms with Crippen molar-refractivity contribution in [1.29, 1.82) is 0 Å². The highest BCUT2D eigenvalue weighted by molar-refractivity contribution is 6.30. The van der Waals surface area contributed by atoms with Crippen molar-refractivity contribution in [3.05, 3.63) is 16.7 Å². The van der Waals surface area contributed by atoms with E-state index in [1.807, 2.05) is 11.6 Å². The number of hydrogen-bond donors (Lipinski definition) is 1. The van der Waals surface area contributed by atoms with Crippen molar-refractivity contribution in [2.75, 3.05) is 0 Å². The first-order chi connectivity index (χ1) is 5.70. The van der Waals surface area contributed by atoms with E-state index in [4.69, 9.17) is 17.3 Å². The molecule has 0 saturated heterocycles. The maximum absolute atomic E-state index is 5.87. The predicted octanol–water partition coefficient (Wildman–Crippen LogP) is 1.48. The van der Waals surface area contributed by atoms with Crippen LogP contribution in [0.2, 0.25) is 5.15 Å². The normalized spacial score (nSPS) is 10.7. The Balaban J connectivity index is 3.00. The van der Waals surface area contributed by atoms with Gasteiger partial charge in [-0.25, -0.2) is 4.98 Å². The van der Waals surface area contributed by atoms with E-state index in [0.717, 1.165) is 24.4 Å². The summed E-state index contributed by atoms with van der Waals surface area (Å²) in [5.41, 5.74) is 6.43. The van der Waals surface area contributed by atoms with Gasteiger partial charge in [0.2, 0.25) is 0 Å². The molecule has 1 aromatic heterocycles. The zero-order valence-electron chi connectivity index (χ0n) is 7.47. The summed E-state index contributed by atoms with van der Waals surface area (Å²) in [4.78, 5) is 4.22. The molecule has 1 rings (SSSR count). The smallest absolute Gasteiger partial charge is 0.151 e. The lowest BCUT2D eigenvalue weighted by Crippen LogP contribution is -2.06. The second kappa shape index (κ2) is 3.92.